The molecule has 1 N–H and O–H groups in total. The molecule has 0 saturated heterocycles. The number of carbonyl (C=O) groups is 1. The quantitative estimate of drug-likeness (QED) is 0.590. The zero-order chi connectivity index (χ0) is 17.1. The van der Waals surface area contributed by atoms with Crippen LogP contribution in [0, 0.1) is 0 Å². The number of carboxylic acid groups (broad SMARTS) is 1. The van der Waals surface area contributed by atoms with E-state index in [1.54, 1.807) is 19.1 Å². The van der Waals surface area contributed by atoms with Crippen LogP contribution in [0.25, 0.3) is 0 Å². The molecule has 0 bridgehead atoms. The number of carboxylic acids is 1. The number of unbranched alkanes of at least 4 members (excludes halogenated alkanes) is 6. The number of rotatable bonds is 12. The minimum Gasteiger partial charge on any atom is -0.488 e. The van der Waals surface area contributed by atoms with Crippen LogP contribution in [0.1, 0.15) is 71.3 Å². The van der Waals surface area contributed by atoms with E-state index in [0.29, 0.717) is 13.0 Å². The summed E-state index contributed by atoms with van der Waals surface area (Å²) in [5.74, 6) is -0.767. The molecule has 1 rings (SSSR count). The second-order valence-electron chi connectivity index (χ2n) is 5.82. The van der Waals surface area contributed by atoms with Crippen LogP contribution in [0.4, 0.5) is 0 Å². The first-order valence-electron chi connectivity index (χ1n) is 8.68. The molecular formula is C18H29NO4. The lowest BCUT2D eigenvalue weighted by Crippen LogP contribution is -2.29. The molecule has 5 heteroatoms. The first-order chi connectivity index (χ1) is 11.1. The lowest BCUT2D eigenvalue weighted by atomic mass is 10.1. The Morgan fingerprint density at radius 1 is 1.17 bits per heavy atom. The maximum atomic E-state index is 12.3. The third-order valence-electron chi connectivity index (χ3n) is 3.95. The Hall–Kier alpha value is -1.78. The van der Waals surface area contributed by atoms with Crippen LogP contribution in [-0.2, 0) is 4.79 Å². The van der Waals surface area contributed by atoms with Crippen molar-refractivity contribution in [1.29, 1.82) is 0 Å². The topological polar surface area (TPSA) is 68.5 Å². The maximum absolute atomic E-state index is 12.3. The largest absolute Gasteiger partial charge is 0.488 e. The highest BCUT2D eigenvalue weighted by atomic mass is 16.5. The Kier molecular flexibility index (Phi) is 9.10. The summed E-state index contributed by atoms with van der Waals surface area (Å²) >= 11 is 0. The lowest BCUT2D eigenvalue weighted by Gasteiger charge is -2.14. The van der Waals surface area contributed by atoms with Crippen molar-refractivity contribution in [3.05, 3.63) is 28.7 Å². The molecule has 1 aromatic rings. The van der Waals surface area contributed by atoms with Gasteiger partial charge in [0.15, 0.2) is 5.75 Å². The van der Waals surface area contributed by atoms with Gasteiger partial charge >= 0.3 is 5.97 Å². The summed E-state index contributed by atoms with van der Waals surface area (Å²) in [4.78, 5) is 23.5. The second kappa shape index (κ2) is 10.9. The molecule has 1 atom stereocenters. The van der Waals surface area contributed by atoms with E-state index < -0.39 is 12.0 Å². The van der Waals surface area contributed by atoms with E-state index in [9.17, 15) is 14.7 Å². The van der Waals surface area contributed by atoms with Crippen molar-refractivity contribution in [2.45, 2.75) is 71.3 Å². The van der Waals surface area contributed by atoms with Gasteiger partial charge in [0.05, 0.1) is 6.61 Å². The van der Waals surface area contributed by atoms with Gasteiger partial charge in [0, 0.05) is 6.20 Å². The van der Waals surface area contributed by atoms with E-state index >= 15 is 0 Å². The van der Waals surface area contributed by atoms with Gasteiger partial charge in [0.2, 0.25) is 0 Å². The number of aromatic nitrogens is 1. The van der Waals surface area contributed by atoms with Crippen molar-refractivity contribution in [1.82, 2.24) is 4.57 Å². The van der Waals surface area contributed by atoms with E-state index in [4.69, 9.17) is 4.74 Å². The van der Waals surface area contributed by atoms with Crippen molar-refractivity contribution in [3.8, 4) is 5.75 Å². The second-order valence-corrected chi connectivity index (χ2v) is 5.82. The predicted molar refractivity (Wildman–Crippen MR) is 91.2 cm³/mol. The van der Waals surface area contributed by atoms with Gasteiger partial charge in [0.1, 0.15) is 6.04 Å². The molecule has 0 spiro atoms. The van der Waals surface area contributed by atoms with Crippen LogP contribution in [0.3, 0.4) is 0 Å². The lowest BCUT2D eigenvalue weighted by molar-refractivity contribution is -0.141. The van der Waals surface area contributed by atoms with Gasteiger partial charge in [0.25, 0.3) is 5.56 Å². The molecular weight excluding hydrogens is 294 g/mol. The Balaban J connectivity index is 2.46. The van der Waals surface area contributed by atoms with Crippen LogP contribution >= 0.6 is 0 Å². The van der Waals surface area contributed by atoms with Crippen LogP contribution < -0.4 is 10.3 Å². The molecule has 0 aliphatic carbocycles. The Morgan fingerprint density at radius 2 is 1.83 bits per heavy atom. The number of hydrogen-bond donors (Lipinski definition) is 1. The Labute approximate surface area is 138 Å². The van der Waals surface area contributed by atoms with Crippen LogP contribution in [0.15, 0.2) is 23.1 Å². The summed E-state index contributed by atoms with van der Waals surface area (Å²) in [7, 11) is 0. The van der Waals surface area contributed by atoms with E-state index in [-0.39, 0.29) is 11.3 Å². The van der Waals surface area contributed by atoms with Crippen molar-refractivity contribution < 1.29 is 14.6 Å². The first kappa shape index (κ1) is 19.3. The van der Waals surface area contributed by atoms with Gasteiger partial charge in [-0.15, -0.1) is 0 Å². The van der Waals surface area contributed by atoms with Crippen LogP contribution in [-0.4, -0.2) is 22.2 Å². The van der Waals surface area contributed by atoms with Crippen LogP contribution in [0.2, 0.25) is 0 Å². The van der Waals surface area contributed by atoms with Gasteiger partial charge in [-0.1, -0.05) is 52.4 Å². The Morgan fingerprint density at radius 3 is 2.43 bits per heavy atom. The van der Waals surface area contributed by atoms with Gasteiger partial charge in [-0.25, -0.2) is 4.79 Å². The molecule has 1 unspecified atom stereocenters. The monoisotopic (exact) mass is 323 g/mol. The normalized spacial score (nSPS) is 12.1. The summed E-state index contributed by atoms with van der Waals surface area (Å²) in [5.41, 5.74) is -0.371. The molecule has 0 aliphatic heterocycles. The molecule has 5 nitrogen and oxygen atoms in total. The van der Waals surface area contributed by atoms with Crippen molar-refractivity contribution in [2.75, 3.05) is 6.61 Å². The van der Waals surface area contributed by atoms with Gasteiger partial charge in [-0.3, -0.25) is 9.36 Å². The average molecular weight is 323 g/mol. The van der Waals surface area contributed by atoms with E-state index in [1.807, 2.05) is 0 Å². The molecule has 0 fully saturated rings. The zero-order valence-electron chi connectivity index (χ0n) is 14.3. The summed E-state index contributed by atoms with van der Waals surface area (Å²) < 4.78 is 6.79. The summed E-state index contributed by atoms with van der Waals surface area (Å²) in [6, 6.07) is 2.42. The fraction of sp³-hybridized carbons (Fsp3) is 0.667. The van der Waals surface area contributed by atoms with E-state index in [0.717, 1.165) is 12.8 Å². The number of hydrogen-bond acceptors (Lipinski definition) is 3. The van der Waals surface area contributed by atoms with E-state index in [1.165, 1.54) is 42.9 Å². The molecule has 0 amide bonds. The highest BCUT2D eigenvalue weighted by molar-refractivity contribution is 5.71. The maximum Gasteiger partial charge on any atom is 0.326 e. The zero-order valence-corrected chi connectivity index (χ0v) is 14.3. The minimum atomic E-state index is -1.00. The Bertz CT molecular complexity index is 524. The summed E-state index contributed by atoms with van der Waals surface area (Å²) in [5, 5.41) is 9.18. The summed E-state index contributed by atoms with van der Waals surface area (Å²) in [6.45, 7) is 4.45. The third-order valence-corrected chi connectivity index (χ3v) is 3.95. The van der Waals surface area contributed by atoms with Gasteiger partial charge in [-0.05, 0) is 25.0 Å². The molecule has 0 aromatic carbocycles. The van der Waals surface area contributed by atoms with Crippen molar-refractivity contribution >= 4 is 5.97 Å². The van der Waals surface area contributed by atoms with Gasteiger partial charge in [-0.2, -0.15) is 0 Å². The predicted octanol–water partition coefficient (Wildman–Crippen LogP) is 4.01. The molecule has 1 heterocycles. The van der Waals surface area contributed by atoms with Gasteiger partial charge < -0.3 is 9.84 Å². The SMILES string of the molecule is CCCCCCCCCOc1cccn(C(CC)C(=O)O)c1=O. The number of aliphatic carboxylic acids is 1. The summed E-state index contributed by atoms with van der Waals surface area (Å²) in [6.07, 6.45) is 10.1. The number of ether oxygens (including phenoxy) is 1. The fourth-order valence-corrected chi connectivity index (χ4v) is 2.58. The number of nitrogens with zero attached hydrogens (tertiary/aromatic N) is 1. The molecule has 23 heavy (non-hydrogen) atoms. The van der Waals surface area contributed by atoms with E-state index in [2.05, 4.69) is 6.92 Å². The highest BCUT2D eigenvalue weighted by Gasteiger charge is 2.19. The molecule has 0 radical (unpaired) electrons. The smallest absolute Gasteiger partial charge is 0.326 e. The molecule has 1 aromatic heterocycles. The standard InChI is InChI=1S/C18H29NO4/c1-3-5-6-7-8-9-10-14-23-16-12-11-13-19(17(16)20)15(4-2)18(21)22/h11-13,15H,3-10,14H2,1-2H3,(H,21,22). The fourth-order valence-electron chi connectivity index (χ4n) is 2.58. The average Bonchev–Trinajstić information content (AvgIpc) is 2.53. The number of pyridine rings is 1. The third kappa shape index (κ3) is 6.47. The molecule has 0 aliphatic rings. The minimum absolute atomic E-state index is 0.234. The highest BCUT2D eigenvalue weighted by Crippen LogP contribution is 2.12. The molecule has 0 saturated carbocycles. The molecule has 130 valence electrons. The first-order valence-corrected chi connectivity index (χ1v) is 8.68. The van der Waals surface area contributed by atoms with Crippen molar-refractivity contribution in [3.63, 3.8) is 0 Å². The van der Waals surface area contributed by atoms with Crippen molar-refractivity contribution in [2.24, 2.45) is 0 Å². The van der Waals surface area contributed by atoms with Crippen LogP contribution in [0.5, 0.6) is 5.75 Å².